The third kappa shape index (κ3) is 3.88. The van der Waals surface area contributed by atoms with E-state index in [2.05, 4.69) is 0 Å². The molecule has 0 aliphatic carbocycles. The number of benzene rings is 1. The second-order valence-electron chi connectivity index (χ2n) is 4.24. The molecule has 0 bridgehead atoms. The Labute approximate surface area is 121 Å². The lowest BCUT2D eigenvalue weighted by atomic mass is 10.1. The van der Waals surface area contributed by atoms with Crippen molar-refractivity contribution in [3.63, 3.8) is 0 Å². The van der Waals surface area contributed by atoms with E-state index in [-0.39, 0.29) is 11.6 Å². The second kappa shape index (κ2) is 6.83. The van der Waals surface area contributed by atoms with Gasteiger partial charge >= 0.3 is 0 Å². The molecule has 0 N–H and O–H groups in total. The molecule has 0 aliphatic heterocycles. The van der Waals surface area contributed by atoms with Crippen molar-refractivity contribution < 1.29 is 9.18 Å². The van der Waals surface area contributed by atoms with Crippen LogP contribution in [0.3, 0.4) is 0 Å². The highest BCUT2D eigenvalue weighted by Crippen LogP contribution is 2.29. The molecule has 1 heterocycles. The van der Waals surface area contributed by atoms with Gasteiger partial charge in [0.1, 0.15) is 5.82 Å². The standard InChI is InChI=1S/C15H14ClFOS/c16-10-2-1-3-13(18)15-9-8-14(19-15)11-4-6-12(17)7-5-11/h4-9H,1-3,10H2. The Morgan fingerprint density at radius 1 is 1.11 bits per heavy atom. The molecule has 4 heteroatoms. The summed E-state index contributed by atoms with van der Waals surface area (Å²) in [5.74, 6) is 0.500. The normalized spacial score (nSPS) is 10.6. The van der Waals surface area contributed by atoms with Crippen molar-refractivity contribution in [2.24, 2.45) is 0 Å². The molecule has 0 radical (unpaired) electrons. The fraction of sp³-hybridized carbons (Fsp3) is 0.267. The topological polar surface area (TPSA) is 17.1 Å². The van der Waals surface area contributed by atoms with E-state index in [1.54, 1.807) is 12.1 Å². The van der Waals surface area contributed by atoms with Crippen LogP contribution in [0.15, 0.2) is 36.4 Å². The van der Waals surface area contributed by atoms with E-state index < -0.39 is 0 Å². The van der Waals surface area contributed by atoms with Crippen molar-refractivity contribution in [3.8, 4) is 10.4 Å². The Hall–Kier alpha value is -1.19. The van der Waals surface area contributed by atoms with Crippen molar-refractivity contribution in [2.75, 3.05) is 5.88 Å². The van der Waals surface area contributed by atoms with Gasteiger partial charge in [-0.1, -0.05) is 12.1 Å². The van der Waals surface area contributed by atoms with Crippen LogP contribution in [0.5, 0.6) is 0 Å². The fourth-order valence-electron chi connectivity index (χ4n) is 1.76. The van der Waals surface area contributed by atoms with Gasteiger partial charge in [-0.2, -0.15) is 0 Å². The van der Waals surface area contributed by atoms with Crippen LogP contribution in [0.4, 0.5) is 4.39 Å². The maximum absolute atomic E-state index is 12.8. The Morgan fingerprint density at radius 3 is 2.53 bits per heavy atom. The van der Waals surface area contributed by atoms with Crippen LogP contribution in [0.1, 0.15) is 28.9 Å². The summed E-state index contributed by atoms with van der Waals surface area (Å²) in [7, 11) is 0. The molecule has 0 unspecified atom stereocenters. The molecular weight excluding hydrogens is 283 g/mol. The molecule has 1 aromatic carbocycles. The minimum atomic E-state index is -0.252. The smallest absolute Gasteiger partial charge is 0.172 e. The summed E-state index contributed by atoms with van der Waals surface area (Å²) in [6, 6.07) is 10.1. The van der Waals surface area contributed by atoms with E-state index in [0.717, 1.165) is 28.2 Å². The zero-order chi connectivity index (χ0) is 13.7. The number of halogens is 2. The molecule has 1 nitrogen and oxygen atoms in total. The zero-order valence-electron chi connectivity index (χ0n) is 10.4. The number of rotatable bonds is 6. The van der Waals surface area contributed by atoms with Gasteiger partial charge in [-0.3, -0.25) is 4.79 Å². The number of hydrogen-bond donors (Lipinski definition) is 0. The quantitative estimate of drug-likeness (QED) is 0.409. The van der Waals surface area contributed by atoms with Crippen molar-refractivity contribution in [1.82, 2.24) is 0 Å². The van der Waals surface area contributed by atoms with Gasteiger partial charge in [0, 0.05) is 17.2 Å². The lowest BCUT2D eigenvalue weighted by Gasteiger charge is -1.97. The molecule has 0 amide bonds. The fourth-order valence-corrected chi connectivity index (χ4v) is 2.93. The summed E-state index contributed by atoms with van der Waals surface area (Å²) in [6.45, 7) is 0. The SMILES string of the molecule is O=C(CCCCCl)c1ccc(-c2ccc(F)cc2)s1. The van der Waals surface area contributed by atoms with Crippen LogP contribution < -0.4 is 0 Å². The number of hydrogen-bond acceptors (Lipinski definition) is 2. The van der Waals surface area contributed by atoms with Crippen LogP contribution in [0, 0.1) is 5.82 Å². The van der Waals surface area contributed by atoms with Gasteiger partial charge in [0.2, 0.25) is 0 Å². The first-order valence-corrected chi connectivity index (χ1v) is 7.51. The minimum absolute atomic E-state index is 0.156. The van der Waals surface area contributed by atoms with Crippen LogP contribution in [0.25, 0.3) is 10.4 Å². The molecule has 0 saturated heterocycles. The highest BCUT2D eigenvalue weighted by molar-refractivity contribution is 7.17. The Morgan fingerprint density at radius 2 is 1.84 bits per heavy atom. The maximum Gasteiger partial charge on any atom is 0.172 e. The molecule has 0 fully saturated rings. The molecule has 1 aromatic heterocycles. The highest BCUT2D eigenvalue weighted by atomic mass is 35.5. The maximum atomic E-state index is 12.8. The number of carbonyl (C=O) groups is 1. The molecule has 19 heavy (non-hydrogen) atoms. The van der Waals surface area contributed by atoms with Gasteiger partial charge in [0.25, 0.3) is 0 Å². The van der Waals surface area contributed by atoms with Crippen molar-refractivity contribution in [3.05, 3.63) is 47.1 Å². The molecule has 0 atom stereocenters. The van der Waals surface area contributed by atoms with Gasteiger partial charge < -0.3 is 0 Å². The number of Topliss-reactive ketones (excluding diaryl/α,β-unsaturated/α-hetero) is 1. The van der Waals surface area contributed by atoms with E-state index in [1.807, 2.05) is 12.1 Å². The van der Waals surface area contributed by atoms with Gasteiger partial charge in [-0.15, -0.1) is 22.9 Å². The number of carbonyl (C=O) groups excluding carboxylic acids is 1. The Balaban J connectivity index is 2.06. The Bertz CT molecular complexity index is 548. The van der Waals surface area contributed by atoms with Crippen LogP contribution >= 0.6 is 22.9 Å². The third-order valence-corrected chi connectivity index (χ3v) is 4.24. The van der Waals surface area contributed by atoms with Crippen molar-refractivity contribution in [2.45, 2.75) is 19.3 Å². The number of alkyl halides is 1. The average molecular weight is 297 g/mol. The molecule has 2 rings (SSSR count). The first-order valence-electron chi connectivity index (χ1n) is 6.15. The number of thiophene rings is 1. The van der Waals surface area contributed by atoms with Gasteiger partial charge in [0.05, 0.1) is 4.88 Å². The monoisotopic (exact) mass is 296 g/mol. The van der Waals surface area contributed by atoms with Crippen LogP contribution in [-0.2, 0) is 0 Å². The molecular formula is C15H14ClFOS. The molecule has 0 aliphatic rings. The summed E-state index contributed by atoms with van der Waals surface area (Å²) >= 11 is 7.04. The van der Waals surface area contributed by atoms with Gasteiger partial charge in [-0.05, 0) is 42.7 Å². The van der Waals surface area contributed by atoms with Crippen molar-refractivity contribution in [1.29, 1.82) is 0 Å². The number of ketones is 1. The third-order valence-electron chi connectivity index (χ3n) is 2.80. The van der Waals surface area contributed by atoms with E-state index in [9.17, 15) is 9.18 Å². The largest absolute Gasteiger partial charge is 0.293 e. The molecule has 0 spiro atoms. The zero-order valence-corrected chi connectivity index (χ0v) is 11.9. The summed E-state index contributed by atoms with van der Waals surface area (Å²) in [5.41, 5.74) is 0.936. The number of unbranched alkanes of at least 4 members (excludes halogenated alkanes) is 1. The van der Waals surface area contributed by atoms with Gasteiger partial charge in [0.15, 0.2) is 5.78 Å². The minimum Gasteiger partial charge on any atom is -0.293 e. The average Bonchev–Trinajstić information content (AvgIpc) is 2.89. The summed E-state index contributed by atoms with van der Waals surface area (Å²) < 4.78 is 12.8. The lowest BCUT2D eigenvalue weighted by Crippen LogP contribution is -1.95. The first kappa shape index (κ1) is 14.2. The van der Waals surface area contributed by atoms with E-state index in [0.29, 0.717) is 12.3 Å². The summed E-state index contributed by atoms with van der Waals surface area (Å²) in [4.78, 5) is 13.7. The van der Waals surface area contributed by atoms with E-state index in [1.165, 1.54) is 23.5 Å². The predicted octanol–water partition coefficient (Wildman–Crippen LogP) is 5.15. The van der Waals surface area contributed by atoms with Crippen LogP contribution in [-0.4, -0.2) is 11.7 Å². The Kier molecular flexibility index (Phi) is 5.11. The predicted molar refractivity (Wildman–Crippen MR) is 78.6 cm³/mol. The van der Waals surface area contributed by atoms with Gasteiger partial charge in [-0.25, -0.2) is 4.39 Å². The molecule has 0 saturated carbocycles. The molecule has 100 valence electrons. The summed E-state index contributed by atoms with van der Waals surface area (Å²) in [6.07, 6.45) is 2.23. The van der Waals surface area contributed by atoms with Crippen LogP contribution in [0.2, 0.25) is 0 Å². The second-order valence-corrected chi connectivity index (χ2v) is 5.70. The van der Waals surface area contributed by atoms with E-state index in [4.69, 9.17) is 11.6 Å². The molecule has 2 aromatic rings. The lowest BCUT2D eigenvalue weighted by molar-refractivity contribution is 0.0984. The highest BCUT2D eigenvalue weighted by Gasteiger charge is 2.10. The summed E-state index contributed by atoms with van der Waals surface area (Å²) in [5, 5.41) is 0. The van der Waals surface area contributed by atoms with E-state index >= 15 is 0 Å². The first-order chi connectivity index (χ1) is 9.20. The van der Waals surface area contributed by atoms with Crippen molar-refractivity contribution >= 4 is 28.7 Å².